The van der Waals surface area contributed by atoms with Gasteiger partial charge >= 0.3 is 0 Å². The molecule has 2 N–H and O–H groups in total. The van der Waals surface area contributed by atoms with Crippen molar-refractivity contribution in [3.63, 3.8) is 0 Å². The van der Waals surface area contributed by atoms with Gasteiger partial charge in [-0.1, -0.05) is 13.8 Å². The van der Waals surface area contributed by atoms with Gasteiger partial charge in [0.05, 0.1) is 11.5 Å². The van der Waals surface area contributed by atoms with Crippen molar-refractivity contribution in [3.8, 4) is 0 Å². The van der Waals surface area contributed by atoms with Gasteiger partial charge in [-0.2, -0.15) is 0 Å². The molecule has 0 fully saturated rings. The summed E-state index contributed by atoms with van der Waals surface area (Å²) in [6.07, 6.45) is 0. The third-order valence-electron chi connectivity index (χ3n) is 2.65. The first-order valence-corrected chi connectivity index (χ1v) is 6.23. The van der Waals surface area contributed by atoms with Crippen molar-refractivity contribution in [2.75, 3.05) is 37.4 Å². The topological polar surface area (TPSA) is 81.6 Å². The van der Waals surface area contributed by atoms with Crippen molar-refractivity contribution >= 4 is 17.1 Å². The predicted octanol–water partition coefficient (Wildman–Crippen LogP) is 2.29. The summed E-state index contributed by atoms with van der Waals surface area (Å²) in [5.74, 6) is 0.442. The van der Waals surface area contributed by atoms with Crippen LogP contribution in [-0.4, -0.2) is 31.7 Å². The Hall–Kier alpha value is -1.82. The molecule has 1 aromatic rings. The Balaban J connectivity index is 3.02. The highest BCUT2D eigenvalue weighted by atomic mass is 16.6. The van der Waals surface area contributed by atoms with E-state index in [1.165, 1.54) is 6.07 Å². The number of rotatable bonds is 7. The van der Waals surface area contributed by atoms with E-state index in [0.717, 1.165) is 12.2 Å². The second-order valence-electron chi connectivity index (χ2n) is 4.87. The van der Waals surface area contributed by atoms with Crippen molar-refractivity contribution in [3.05, 3.63) is 28.3 Å². The van der Waals surface area contributed by atoms with Crippen LogP contribution in [0.2, 0.25) is 0 Å². The Morgan fingerprint density at radius 2 is 2.11 bits per heavy atom. The van der Waals surface area contributed by atoms with Crippen molar-refractivity contribution in [1.82, 2.24) is 0 Å². The van der Waals surface area contributed by atoms with E-state index in [9.17, 15) is 10.1 Å². The number of non-ortho nitro benzene ring substituents is 1. The maximum atomic E-state index is 10.9. The van der Waals surface area contributed by atoms with E-state index in [1.807, 2.05) is 0 Å². The maximum absolute atomic E-state index is 10.9. The van der Waals surface area contributed by atoms with Crippen LogP contribution >= 0.6 is 0 Å². The smallest absolute Gasteiger partial charge is 0.273 e. The molecular weight excluding hydrogens is 246 g/mol. The number of hydrogen-bond donors (Lipinski definition) is 1. The molecule has 0 aliphatic heterocycles. The molecule has 6 nitrogen and oxygen atoms in total. The van der Waals surface area contributed by atoms with Crippen LogP contribution in [0.1, 0.15) is 13.8 Å². The van der Waals surface area contributed by atoms with Gasteiger partial charge in [0.25, 0.3) is 5.69 Å². The first kappa shape index (κ1) is 15.2. The summed E-state index contributed by atoms with van der Waals surface area (Å²) >= 11 is 0. The summed E-state index contributed by atoms with van der Waals surface area (Å²) in [6.45, 7) is 6.23. The summed E-state index contributed by atoms with van der Waals surface area (Å²) in [5, 5.41) is 10.9. The van der Waals surface area contributed by atoms with Crippen molar-refractivity contribution in [2.45, 2.75) is 13.8 Å². The number of anilines is 2. The van der Waals surface area contributed by atoms with E-state index in [-0.39, 0.29) is 5.69 Å². The van der Waals surface area contributed by atoms with Crippen LogP contribution in [0.3, 0.4) is 0 Å². The summed E-state index contributed by atoms with van der Waals surface area (Å²) in [6, 6.07) is 4.67. The second-order valence-corrected chi connectivity index (χ2v) is 4.87. The summed E-state index contributed by atoms with van der Waals surface area (Å²) in [7, 11) is 1.63. The SMILES string of the molecule is COCCN(CC(C)C)c1cc(N)cc([N+](=O)[O-])c1. The van der Waals surface area contributed by atoms with Crippen LogP contribution in [0.5, 0.6) is 0 Å². The highest BCUT2D eigenvalue weighted by molar-refractivity contribution is 5.62. The molecule has 0 aliphatic rings. The van der Waals surface area contributed by atoms with Crippen molar-refractivity contribution in [2.24, 2.45) is 5.92 Å². The molecule has 0 unspecified atom stereocenters. The van der Waals surface area contributed by atoms with Gasteiger partial charge in [-0.3, -0.25) is 10.1 Å². The lowest BCUT2D eigenvalue weighted by molar-refractivity contribution is -0.384. The lowest BCUT2D eigenvalue weighted by Gasteiger charge is -2.26. The molecule has 0 bridgehead atoms. The Labute approximate surface area is 113 Å². The van der Waals surface area contributed by atoms with Crippen LogP contribution in [0, 0.1) is 16.0 Å². The lowest BCUT2D eigenvalue weighted by atomic mass is 10.1. The number of hydrogen-bond acceptors (Lipinski definition) is 5. The largest absolute Gasteiger partial charge is 0.398 e. The lowest BCUT2D eigenvalue weighted by Crippen LogP contribution is -2.31. The van der Waals surface area contributed by atoms with E-state index >= 15 is 0 Å². The first-order valence-electron chi connectivity index (χ1n) is 6.23. The van der Waals surface area contributed by atoms with Gasteiger partial charge in [0.15, 0.2) is 0 Å². The molecule has 0 spiro atoms. The van der Waals surface area contributed by atoms with Crippen molar-refractivity contribution in [1.29, 1.82) is 0 Å². The number of methoxy groups -OCH3 is 1. The van der Waals surface area contributed by atoms with Crippen LogP contribution < -0.4 is 10.6 Å². The molecule has 19 heavy (non-hydrogen) atoms. The van der Waals surface area contributed by atoms with Crippen LogP contribution in [0.25, 0.3) is 0 Å². The summed E-state index contributed by atoms with van der Waals surface area (Å²) in [4.78, 5) is 12.5. The first-order chi connectivity index (χ1) is 8.93. The minimum absolute atomic E-state index is 0.0150. The van der Waals surface area contributed by atoms with Gasteiger partial charge in [0, 0.05) is 43.7 Å². The van der Waals surface area contributed by atoms with Gasteiger partial charge in [-0.25, -0.2) is 0 Å². The fourth-order valence-corrected chi connectivity index (χ4v) is 1.87. The van der Waals surface area contributed by atoms with Crippen LogP contribution in [0.4, 0.5) is 17.1 Å². The van der Waals surface area contributed by atoms with Gasteiger partial charge in [0.1, 0.15) is 0 Å². The van der Waals surface area contributed by atoms with Gasteiger partial charge < -0.3 is 15.4 Å². The minimum atomic E-state index is -0.427. The number of nitro groups is 1. The minimum Gasteiger partial charge on any atom is -0.398 e. The standard InChI is InChI=1S/C13H21N3O3/c1-10(2)9-15(4-5-19-3)12-6-11(14)7-13(8-12)16(17)18/h6-8,10H,4-5,9,14H2,1-3H3. The Morgan fingerprint density at radius 1 is 1.42 bits per heavy atom. The fraction of sp³-hybridized carbons (Fsp3) is 0.538. The Bertz CT molecular complexity index is 435. The van der Waals surface area contributed by atoms with E-state index in [2.05, 4.69) is 18.7 Å². The molecule has 1 rings (SSSR count). The van der Waals surface area contributed by atoms with Crippen LogP contribution in [0.15, 0.2) is 18.2 Å². The Kier molecular flexibility index (Phi) is 5.57. The monoisotopic (exact) mass is 267 g/mol. The molecular formula is C13H21N3O3. The molecule has 106 valence electrons. The zero-order valence-corrected chi connectivity index (χ0v) is 11.6. The number of benzene rings is 1. The number of nitrogens with two attached hydrogens (primary N) is 1. The highest BCUT2D eigenvalue weighted by Crippen LogP contribution is 2.26. The number of ether oxygens (including phenoxy) is 1. The molecule has 0 saturated carbocycles. The third-order valence-corrected chi connectivity index (χ3v) is 2.65. The Morgan fingerprint density at radius 3 is 2.63 bits per heavy atom. The molecule has 0 heterocycles. The molecule has 1 aromatic carbocycles. The van der Waals surface area contributed by atoms with Gasteiger partial charge in [-0.15, -0.1) is 0 Å². The molecule has 0 saturated heterocycles. The molecule has 0 aliphatic carbocycles. The normalized spacial score (nSPS) is 10.7. The number of nitrogen functional groups attached to an aromatic ring is 1. The highest BCUT2D eigenvalue weighted by Gasteiger charge is 2.14. The summed E-state index contributed by atoms with van der Waals surface area (Å²) in [5.41, 5.74) is 6.91. The van der Waals surface area contributed by atoms with Crippen LogP contribution in [-0.2, 0) is 4.74 Å². The molecule has 0 radical (unpaired) electrons. The zero-order valence-electron chi connectivity index (χ0n) is 11.6. The average molecular weight is 267 g/mol. The molecule has 0 amide bonds. The molecule has 0 atom stereocenters. The van der Waals surface area contributed by atoms with E-state index < -0.39 is 4.92 Å². The maximum Gasteiger partial charge on any atom is 0.273 e. The quantitative estimate of drug-likeness (QED) is 0.465. The number of nitro benzene ring substituents is 1. The van der Waals surface area contributed by atoms with E-state index in [4.69, 9.17) is 10.5 Å². The third kappa shape index (κ3) is 4.75. The van der Waals surface area contributed by atoms with Gasteiger partial charge in [0.2, 0.25) is 0 Å². The fourth-order valence-electron chi connectivity index (χ4n) is 1.87. The average Bonchev–Trinajstić information content (AvgIpc) is 2.33. The van der Waals surface area contributed by atoms with Gasteiger partial charge in [-0.05, 0) is 12.0 Å². The van der Waals surface area contributed by atoms with Crippen molar-refractivity contribution < 1.29 is 9.66 Å². The molecule has 6 heteroatoms. The summed E-state index contributed by atoms with van der Waals surface area (Å²) < 4.78 is 5.08. The predicted molar refractivity (Wildman–Crippen MR) is 76.4 cm³/mol. The van der Waals surface area contributed by atoms with E-state index in [1.54, 1.807) is 19.2 Å². The molecule has 0 aromatic heterocycles. The second kappa shape index (κ2) is 6.94. The number of nitrogens with zero attached hydrogens (tertiary/aromatic N) is 2. The van der Waals surface area contributed by atoms with E-state index in [0.29, 0.717) is 24.8 Å². The zero-order chi connectivity index (χ0) is 14.4.